The third-order valence-corrected chi connectivity index (χ3v) is 3.22. The van der Waals surface area contributed by atoms with Crippen LogP contribution in [0.1, 0.15) is 12.6 Å². The summed E-state index contributed by atoms with van der Waals surface area (Å²) >= 11 is 0. The molecule has 8 nitrogen and oxygen atoms in total. The molecule has 0 aliphatic heterocycles. The van der Waals surface area contributed by atoms with Crippen LogP contribution in [0.15, 0.2) is 30.3 Å². The summed E-state index contributed by atoms with van der Waals surface area (Å²) in [5.74, 6) is 1.16. The molecule has 2 aromatic rings. The number of benzene rings is 1. The van der Waals surface area contributed by atoms with Crippen LogP contribution in [-0.2, 0) is 0 Å². The molecule has 2 amide bonds. The lowest BCUT2D eigenvalue weighted by molar-refractivity contribution is -0.0497. The van der Waals surface area contributed by atoms with Crippen molar-refractivity contribution >= 4 is 23.5 Å². The predicted octanol–water partition coefficient (Wildman–Crippen LogP) is 3.05. The first-order valence-electron chi connectivity index (χ1n) is 8.39. The lowest BCUT2D eigenvalue weighted by Crippen LogP contribution is -2.32. The highest BCUT2D eigenvalue weighted by atomic mass is 19.3. The normalized spacial score (nSPS) is 10.4. The summed E-state index contributed by atoms with van der Waals surface area (Å²) in [4.78, 5) is 20.4. The van der Waals surface area contributed by atoms with Gasteiger partial charge in [-0.1, -0.05) is 6.07 Å². The first-order valence-corrected chi connectivity index (χ1v) is 8.39. The number of alkyl halides is 2. The molecule has 0 saturated heterocycles. The largest absolute Gasteiger partial charge is 0.435 e. The third kappa shape index (κ3) is 7.30. The van der Waals surface area contributed by atoms with Crippen molar-refractivity contribution in [3.63, 3.8) is 0 Å². The van der Waals surface area contributed by atoms with Crippen LogP contribution in [0.2, 0.25) is 0 Å². The van der Waals surface area contributed by atoms with E-state index in [2.05, 4.69) is 36.0 Å². The summed E-state index contributed by atoms with van der Waals surface area (Å²) in [5, 5.41) is 11.3. The van der Waals surface area contributed by atoms with Crippen molar-refractivity contribution in [3.05, 3.63) is 36.0 Å². The van der Waals surface area contributed by atoms with Gasteiger partial charge in [-0.25, -0.2) is 9.78 Å². The first kappa shape index (κ1) is 20.1. The molecule has 2 rings (SSSR count). The Balaban J connectivity index is 1.76. The molecule has 0 saturated carbocycles. The van der Waals surface area contributed by atoms with Crippen molar-refractivity contribution in [2.24, 2.45) is 0 Å². The Hall–Kier alpha value is -3.17. The van der Waals surface area contributed by atoms with E-state index in [1.54, 1.807) is 6.07 Å². The SMILES string of the molecule is CCNc1cc(C)nc(NCCNC(=O)Nc2cccc(OC(F)F)c2)n1. The fourth-order valence-corrected chi connectivity index (χ4v) is 2.19. The molecule has 10 heteroatoms. The molecule has 1 aromatic carbocycles. The fourth-order valence-electron chi connectivity index (χ4n) is 2.19. The van der Waals surface area contributed by atoms with E-state index in [4.69, 9.17) is 0 Å². The summed E-state index contributed by atoms with van der Waals surface area (Å²) in [6.45, 7) is 2.40. The Labute approximate surface area is 155 Å². The first-order chi connectivity index (χ1) is 13.0. The second-order valence-corrected chi connectivity index (χ2v) is 5.46. The maximum Gasteiger partial charge on any atom is 0.387 e. The van der Waals surface area contributed by atoms with E-state index < -0.39 is 12.6 Å². The molecule has 0 unspecified atom stereocenters. The molecular weight excluding hydrogens is 358 g/mol. The molecule has 1 heterocycles. The van der Waals surface area contributed by atoms with E-state index in [9.17, 15) is 13.6 Å². The van der Waals surface area contributed by atoms with Crippen molar-refractivity contribution in [3.8, 4) is 5.75 Å². The summed E-state index contributed by atoms with van der Waals surface area (Å²) < 4.78 is 28.7. The number of hydrogen-bond acceptors (Lipinski definition) is 6. The maximum absolute atomic E-state index is 12.2. The highest BCUT2D eigenvalue weighted by Crippen LogP contribution is 2.19. The van der Waals surface area contributed by atoms with E-state index in [-0.39, 0.29) is 5.75 Å². The van der Waals surface area contributed by atoms with Gasteiger partial charge in [-0.05, 0) is 26.0 Å². The number of nitrogens with zero attached hydrogens (tertiary/aromatic N) is 2. The maximum atomic E-state index is 12.2. The van der Waals surface area contributed by atoms with E-state index in [0.717, 1.165) is 18.1 Å². The highest BCUT2D eigenvalue weighted by molar-refractivity contribution is 5.89. The van der Waals surface area contributed by atoms with Gasteiger partial charge in [0.05, 0.1) is 0 Å². The van der Waals surface area contributed by atoms with Crippen LogP contribution in [-0.4, -0.2) is 42.2 Å². The summed E-state index contributed by atoms with van der Waals surface area (Å²) in [5.41, 5.74) is 1.16. The smallest absolute Gasteiger partial charge is 0.387 e. The van der Waals surface area contributed by atoms with Gasteiger partial charge in [-0.15, -0.1) is 0 Å². The van der Waals surface area contributed by atoms with Gasteiger partial charge in [0.25, 0.3) is 0 Å². The number of ether oxygens (including phenoxy) is 1. The van der Waals surface area contributed by atoms with E-state index in [1.165, 1.54) is 18.2 Å². The van der Waals surface area contributed by atoms with Gasteiger partial charge < -0.3 is 26.0 Å². The van der Waals surface area contributed by atoms with Gasteiger partial charge >= 0.3 is 12.6 Å². The molecule has 1 aromatic heterocycles. The van der Waals surface area contributed by atoms with Crippen LogP contribution in [0.3, 0.4) is 0 Å². The lowest BCUT2D eigenvalue weighted by atomic mass is 10.3. The van der Waals surface area contributed by atoms with Crippen LogP contribution in [0.25, 0.3) is 0 Å². The number of halogens is 2. The van der Waals surface area contributed by atoms with E-state index >= 15 is 0 Å². The van der Waals surface area contributed by atoms with Crippen molar-refractivity contribution in [2.75, 3.05) is 35.6 Å². The molecule has 0 aliphatic rings. The number of carbonyl (C=O) groups excluding carboxylic acids is 1. The Morgan fingerprint density at radius 3 is 2.74 bits per heavy atom. The molecule has 0 radical (unpaired) electrons. The number of hydrogen-bond donors (Lipinski definition) is 4. The number of amides is 2. The van der Waals surface area contributed by atoms with Crippen LogP contribution in [0, 0.1) is 6.92 Å². The second-order valence-electron chi connectivity index (χ2n) is 5.46. The zero-order chi connectivity index (χ0) is 19.6. The number of nitrogens with one attached hydrogen (secondary N) is 4. The molecular formula is C17H22F2N6O2. The summed E-state index contributed by atoms with van der Waals surface area (Å²) in [7, 11) is 0. The molecule has 146 valence electrons. The number of aromatic nitrogens is 2. The monoisotopic (exact) mass is 380 g/mol. The van der Waals surface area contributed by atoms with Crippen molar-refractivity contribution in [2.45, 2.75) is 20.5 Å². The minimum atomic E-state index is -2.92. The van der Waals surface area contributed by atoms with Gasteiger partial charge in [0.2, 0.25) is 5.95 Å². The highest BCUT2D eigenvalue weighted by Gasteiger charge is 2.07. The van der Waals surface area contributed by atoms with Crippen LogP contribution >= 0.6 is 0 Å². The Morgan fingerprint density at radius 2 is 2.00 bits per heavy atom. The average Bonchev–Trinajstić information content (AvgIpc) is 2.58. The minimum Gasteiger partial charge on any atom is -0.435 e. The fraction of sp³-hybridized carbons (Fsp3) is 0.353. The number of urea groups is 1. The second kappa shape index (κ2) is 10.1. The van der Waals surface area contributed by atoms with E-state index in [1.807, 2.05) is 19.9 Å². The number of aryl methyl sites for hydroxylation is 1. The zero-order valence-electron chi connectivity index (χ0n) is 15.1. The molecule has 0 spiro atoms. The Kier molecular flexibility index (Phi) is 7.53. The number of anilines is 3. The molecule has 27 heavy (non-hydrogen) atoms. The van der Waals surface area contributed by atoms with Gasteiger partial charge in [0, 0.05) is 43.1 Å². The Bertz CT molecular complexity index is 760. The minimum absolute atomic E-state index is 0.0300. The quantitative estimate of drug-likeness (QED) is 0.499. The van der Waals surface area contributed by atoms with Gasteiger partial charge in [-0.2, -0.15) is 13.8 Å². The number of rotatable bonds is 9. The molecule has 0 atom stereocenters. The van der Waals surface area contributed by atoms with Crippen molar-refractivity contribution in [1.82, 2.24) is 15.3 Å². The van der Waals surface area contributed by atoms with Gasteiger partial charge in [0.1, 0.15) is 11.6 Å². The van der Waals surface area contributed by atoms with Crippen LogP contribution in [0.4, 0.5) is 31.0 Å². The molecule has 0 bridgehead atoms. The molecule has 0 fully saturated rings. The van der Waals surface area contributed by atoms with Crippen molar-refractivity contribution in [1.29, 1.82) is 0 Å². The van der Waals surface area contributed by atoms with Crippen LogP contribution < -0.4 is 26.0 Å². The lowest BCUT2D eigenvalue weighted by Gasteiger charge is -2.11. The summed E-state index contributed by atoms with van der Waals surface area (Å²) in [6.07, 6.45) is 0. The number of carbonyl (C=O) groups is 1. The standard InChI is InChI=1S/C17H22F2N6O2/c1-3-20-14-9-11(2)23-16(25-14)21-7-8-22-17(26)24-12-5-4-6-13(10-12)27-15(18)19/h4-6,9-10,15H,3,7-8H2,1-2H3,(H2,22,24,26)(H2,20,21,23,25). The third-order valence-electron chi connectivity index (χ3n) is 3.22. The molecule has 0 aliphatic carbocycles. The molecule has 4 N–H and O–H groups in total. The summed E-state index contributed by atoms with van der Waals surface area (Å²) in [6, 6.07) is 7.14. The van der Waals surface area contributed by atoms with Gasteiger partial charge in [-0.3, -0.25) is 0 Å². The zero-order valence-corrected chi connectivity index (χ0v) is 15.1. The predicted molar refractivity (Wildman–Crippen MR) is 99.5 cm³/mol. The topological polar surface area (TPSA) is 100 Å². The van der Waals surface area contributed by atoms with Crippen molar-refractivity contribution < 1.29 is 18.3 Å². The van der Waals surface area contributed by atoms with E-state index in [0.29, 0.717) is 24.7 Å². The Morgan fingerprint density at radius 1 is 1.19 bits per heavy atom. The average molecular weight is 380 g/mol. The van der Waals surface area contributed by atoms with Crippen LogP contribution in [0.5, 0.6) is 5.75 Å². The van der Waals surface area contributed by atoms with Gasteiger partial charge in [0.15, 0.2) is 0 Å².